The molecule has 6 nitrogen and oxygen atoms in total. The van der Waals surface area contributed by atoms with E-state index >= 15 is 0 Å². The Balaban J connectivity index is 2.21. The number of carbonyl (C=O) groups excluding carboxylic acids is 2. The van der Waals surface area contributed by atoms with Gasteiger partial charge in [0, 0.05) is 12.8 Å². The second kappa shape index (κ2) is 7.66. The van der Waals surface area contributed by atoms with Gasteiger partial charge >= 0.3 is 5.97 Å². The van der Waals surface area contributed by atoms with Crippen LogP contribution >= 0.6 is 0 Å². The standard InChI is InChI=1S/C18H25NO5/c1-5-10-24-15-9-8-13(11-14(15)16(20)22-3)19-17(21)18(2,23-4)12-6-7-12/h8-9,11-12H,5-7,10H2,1-4H3,(H,19,21). The van der Waals surface area contributed by atoms with Gasteiger partial charge in [-0.1, -0.05) is 6.92 Å². The van der Waals surface area contributed by atoms with Crippen molar-refractivity contribution in [2.24, 2.45) is 5.92 Å². The van der Waals surface area contributed by atoms with Crippen molar-refractivity contribution in [1.29, 1.82) is 0 Å². The van der Waals surface area contributed by atoms with Crippen LogP contribution in [0.3, 0.4) is 0 Å². The van der Waals surface area contributed by atoms with Crippen LogP contribution in [0.15, 0.2) is 18.2 Å². The van der Waals surface area contributed by atoms with E-state index < -0.39 is 11.6 Å². The molecule has 0 heterocycles. The zero-order chi connectivity index (χ0) is 17.7. The van der Waals surface area contributed by atoms with Gasteiger partial charge in [0.05, 0.1) is 13.7 Å². The molecule has 1 N–H and O–H groups in total. The molecule has 1 saturated carbocycles. The largest absolute Gasteiger partial charge is 0.493 e. The SMILES string of the molecule is CCCOc1ccc(NC(=O)C(C)(OC)C2CC2)cc1C(=O)OC. The second-order valence-corrected chi connectivity index (χ2v) is 6.09. The molecule has 1 aromatic rings. The molecule has 0 aromatic heterocycles. The van der Waals surface area contributed by atoms with Crippen molar-refractivity contribution in [3.05, 3.63) is 23.8 Å². The lowest BCUT2D eigenvalue weighted by Crippen LogP contribution is -2.44. The third-order valence-corrected chi connectivity index (χ3v) is 4.34. The molecule has 6 heteroatoms. The molecule has 1 fully saturated rings. The van der Waals surface area contributed by atoms with E-state index in [0.29, 0.717) is 18.0 Å². The van der Waals surface area contributed by atoms with Crippen molar-refractivity contribution >= 4 is 17.6 Å². The average molecular weight is 335 g/mol. The molecule has 132 valence electrons. The van der Waals surface area contributed by atoms with Crippen molar-refractivity contribution < 1.29 is 23.8 Å². The number of hydrogen-bond donors (Lipinski definition) is 1. The molecule has 0 saturated heterocycles. The zero-order valence-corrected chi connectivity index (χ0v) is 14.7. The second-order valence-electron chi connectivity index (χ2n) is 6.09. The van der Waals surface area contributed by atoms with E-state index in [1.807, 2.05) is 6.92 Å². The van der Waals surface area contributed by atoms with Gasteiger partial charge < -0.3 is 19.5 Å². The van der Waals surface area contributed by atoms with Gasteiger partial charge in [-0.3, -0.25) is 4.79 Å². The van der Waals surface area contributed by atoms with E-state index in [4.69, 9.17) is 14.2 Å². The summed E-state index contributed by atoms with van der Waals surface area (Å²) in [5, 5.41) is 2.83. The Bertz CT molecular complexity index is 611. The number of amides is 1. The van der Waals surface area contributed by atoms with Crippen molar-refractivity contribution in [1.82, 2.24) is 0 Å². The highest BCUT2D eigenvalue weighted by molar-refractivity contribution is 5.99. The first-order valence-electron chi connectivity index (χ1n) is 8.18. The highest BCUT2D eigenvalue weighted by atomic mass is 16.5. The van der Waals surface area contributed by atoms with Crippen molar-refractivity contribution in [2.45, 2.75) is 38.7 Å². The lowest BCUT2D eigenvalue weighted by atomic mass is 9.99. The van der Waals surface area contributed by atoms with Crippen LogP contribution in [0.1, 0.15) is 43.5 Å². The molecule has 1 aliphatic carbocycles. The third kappa shape index (κ3) is 3.87. The number of benzene rings is 1. The first-order valence-corrected chi connectivity index (χ1v) is 8.18. The van der Waals surface area contributed by atoms with E-state index in [1.165, 1.54) is 7.11 Å². The molecular weight excluding hydrogens is 310 g/mol. The summed E-state index contributed by atoms with van der Waals surface area (Å²) in [7, 11) is 2.85. The molecular formula is C18H25NO5. The molecule has 1 atom stereocenters. The molecule has 1 aliphatic rings. The van der Waals surface area contributed by atoms with E-state index in [1.54, 1.807) is 32.2 Å². The Kier molecular flexibility index (Phi) is 5.83. The van der Waals surface area contributed by atoms with Crippen LogP contribution in [-0.2, 0) is 14.3 Å². The molecule has 1 aromatic carbocycles. The number of hydrogen-bond acceptors (Lipinski definition) is 5. The predicted octanol–water partition coefficient (Wildman–Crippen LogP) is 3.02. The van der Waals surface area contributed by atoms with E-state index in [0.717, 1.165) is 19.3 Å². The molecule has 1 amide bonds. The summed E-state index contributed by atoms with van der Waals surface area (Å²) in [6.07, 6.45) is 2.79. The van der Waals surface area contributed by atoms with Gasteiger partial charge in [-0.05, 0) is 50.3 Å². The van der Waals surface area contributed by atoms with Crippen LogP contribution in [0.25, 0.3) is 0 Å². The van der Waals surface area contributed by atoms with E-state index in [2.05, 4.69) is 5.32 Å². The van der Waals surface area contributed by atoms with Gasteiger partial charge in [0.15, 0.2) is 0 Å². The molecule has 0 radical (unpaired) electrons. The number of rotatable bonds is 8. The average Bonchev–Trinajstić information content (AvgIpc) is 3.44. The van der Waals surface area contributed by atoms with Crippen molar-refractivity contribution in [3.8, 4) is 5.75 Å². The van der Waals surface area contributed by atoms with Crippen molar-refractivity contribution in [2.75, 3.05) is 26.1 Å². The lowest BCUT2D eigenvalue weighted by Gasteiger charge is -2.26. The minimum absolute atomic E-state index is 0.217. The minimum Gasteiger partial charge on any atom is -0.493 e. The summed E-state index contributed by atoms with van der Waals surface area (Å²) >= 11 is 0. The number of carbonyl (C=O) groups is 2. The van der Waals surface area contributed by atoms with Gasteiger partial charge in [-0.25, -0.2) is 4.79 Å². The fourth-order valence-corrected chi connectivity index (χ4v) is 2.55. The van der Waals surface area contributed by atoms with Gasteiger partial charge in [0.1, 0.15) is 16.9 Å². The van der Waals surface area contributed by atoms with Gasteiger partial charge in [-0.2, -0.15) is 0 Å². The summed E-state index contributed by atoms with van der Waals surface area (Å²) in [6, 6.07) is 4.94. The summed E-state index contributed by atoms with van der Waals surface area (Å²) < 4.78 is 15.8. The summed E-state index contributed by atoms with van der Waals surface area (Å²) in [5.41, 5.74) is -0.0644. The Morgan fingerprint density at radius 1 is 1.29 bits per heavy atom. The Morgan fingerprint density at radius 3 is 2.54 bits per heavy atom. The minimum atomic E-state index is -0.858. The number of esters is 1. The highest BCUT2D eigenvalue weighted by Gasteiger charge is 2.47. The van der Waals surface area contributed by atoms with Gasteiger partial charge in [0.2, 0.25) is 0 Å². The van der Waals surface area contributed by atoms with Crippen LogP contribution in [0.4, 0.5) is 5.69 Å². The summed E-state index contributed by atoms with van der Waals surface area (Å²) in [6.45, 7) is 4.27. The van der Waals surface area contributed by atoms with Crippen molar-refractivity contribution in [3.63, 3.8) is 0 Å². The fourth-order valence-electron chi connectivity index (χ4n) is 2.55. The maximum absolute atomic E-state index is 12.6. The maximum atomic E-state index is 12.6. The topological polar surface area (TPSA) is 73.9 Å². The summed E-state index contributed by atoms with van der Waals surface area (Å²) in [4.78, 5) is 24.5. The third-order valence-electron chi connectivity index (χ3n) is 4.34. The van der Waals surface area contributed by atoms with E-state index in [9.17, 15) is 9.59 Å². The predicted molar refractivity (Wildman–Crippen MR) is 90.3 cm³/mol. The van der Waals surface area contributed by atoms with Crippen LogP contribution in [0.2, 0.25) is 0 Å². The molecule has 2 rings (SSSR count). The Labute approximate surface area is 142 Å². The molecule has 0 aliphatic heterocycles. The lowest BCUT2D eigenvalue weighted by molar-refractivity contribution is -0.138. The molecule has 1 unspecified atom stereocenters. The number of ether oxygens (including phenoxy) is 3. The fraction of sp³-hybridized carbons (Fsp3) is 0.556. The number of nitrogens with one attached hydrogen (secondary N) is 1. The molecule has 0 bridgehead atoms. The van der Waals surface area contributed by atoms with E-state index in [-0.39, 0.29) is 17.4 Å². The Hall–Kier alpha value is -2.08. The number of methoxy groups -OCH3 is 2. The summed E-state index contributed by atoms with van der Waals surface area (Å²) in [5.74, 6) is -0.0485. The van der Waals surface area contributed by atoms with Crippen LogP contribution < -0.4 is 10.1 Å². The molecule has 24 heavy (non-hydrogen) atoms. The normalized spacial score (nSPS) is 16.2. The van der Waals surface area contributed by atoms with Crippen LogP contribution in [-0.4, -0.2) is 38.3 Å². The first kappa shape index (κ1) is 18.3. The van der Waals surface area contributed by atoms with Crippen LogP contribution in [0, 0.1) is 5.92 Å². The van der Waals surface area contributed by atoms with Gasteiger partial charge in [-0.15, -0.1) is 0 Å². The molecule has 0 spiro atoms. The monoisotopic (exact) mass is 335 g/mol. The Morgan fingerprint density at radius 2 is 2.00 bits per heavy atom. The first-order chi connectivity index (χ1) is 11.5. The van der Waals surface area contributed by atoms with Crippen LogP contribution in [0.5, 0.6) is 5.75 Å². The van der Waals surface area contributed by atoms with Gasteiger partial charge in [0.25, 0.3) is 5.91 Å². The maximum Gasteiger partial charge on any atom is 0.341 e. The smallest absolute Gasteiger partial charge is 0.341 e. The number of anilines is 1. The quantitative estimate of drug-likeness (QED) is 0.739. The zero-order valence-electron chi connectivity index (χ0n) is 14.7. The highest BCUT2D eigenvalue weighted by Crippen LogP contribution is 2.42.